The lowest BCUT2D eigenvalue weighted by molar-refractivity contribution is -0.119. The molecule has 3 aromatic rings. The lowest BCUT2D eigenvalue weighted by Crippen LogP contribution is -2.21. The average molecular weight is 321 g/mol. The van der Waals surface area contributed by atoms with Gasteiger partial charge in [0.25, 0.3) is 5.91 Å². The molecule has 120 valence electrons. The maximum atomic E-state index is 12.0. The van der Waals surface area contributed by atoms with Crippen LogP contribution in [0.2, 0.25) is 0 Å². The van der Waals surface area contributed by atoms with Gasteiger partial charge in [-0.1, -0.05) is 29.8 Å². The van der Waals surface area contributed by atoms with Gasteiger partial charge in [0.15, 0.2) is 12.3 Å². The smallest absolute Gasteiger partial charge is 0.359 e. The largest absolute Gasteiger partial charge is 0.451 e. The number of hydrogen-bond donors (Lipinski definition) is 1. The first-order valence-electron chi connectivity index (χ1n) is 7.37. The zero-order valence-corrected chi connectivity index (χ0v) is 13.0. The molecule has 3 rings (SSSR count). The molecule has 0 saturated carbocycles. The van der Waals surface area contributed by atoms with Gasteiger partial charge in [0.05, 0.1) is 17.2 Å². The van der Waals surface area contributed by atoms with Gasteiger partial charge < -0.3 is 10.1 Å². The highest BCUT2D eigenvalue weighted by Crippen LogP contribution is 2.10. The number of benzene rings is 2. The van der Waals surface area contributed by atoms with Gasteiger partial charge in [0.1, 0.15) is 0 Å². The number of aryl methyl sites for hydroxylation is 1. The lowest BCUT2D eigenvalue weighted by atomic mass is 10.2. The summed E-state index contributed by atoms with van der Waals surface area (Å²) in [6, 6.07) is 14.5. The van der Waals surface area contributed by atoms with Crippen LogP contribution in [-0.2, 0) is 9.53 Å². The number of hydrogen-bond acceptors (Lipinski definition) is 5. The molecule has 1 aromatic heterocycles. The molecule has 0 aliphatic rings. The van der Waals surface area contributed by atoms with E-state index in [1.54, 1.807) is 30.3 Å². The number of nitrogens with zero attached hydrogens (tertiary/aromatic N) is 2. The number of para-hydroxylation sites is 2. The van der Waals surface area contributed by atoms with Crippen LogP contribution in [-0.4, -0.2) is 28.5 Å². The summed E-state index contributed by atoms with van der Waals surface area (Å²) in [6.45, 7) is 1.57. The van der Waals surface area contributed by atoms with Crippen LogP contribution >= 0.6 is 0 Å². The number of ether oxygens (including phenoxy) is 1. The van der Waals surface area contributed by atoms with E-state index >= 15 is 0 Å². The van der Waals surface area contributed by atoms with Crippen LogP contribution in [0.4, 0.5) is 5.69 Å². The van der Waals surface area contributed by atoms with E-state index in [2.05, 4.69) is 15.3 Å². The first kappa shape index (κ1) is 15.6. The third kappa shape index (κ3) is 3.73. The monoisotopic (exact) mass is 321 g/mol. The Morgan fingerprint density at radius 3 is 2.50 bits per heavy atom. The summed E-state index contributed by atoms with van der Waals surface area (Å²) in [5.41, 5.74) is 3.08. The van der Waals surface area contributed by atoms with Crippen LogP contribution in [0.25, 0.3) is 11.0 Å². The van der Waals surface area contributed by atoms with Crippen molar-refractivity contribution < 1.29 is 14.3 Å². The Labute approximate surface area is 138 Å². The maximum absolute atomic E-state index is 12.0. The fourth-order valence-electron chi connectivity index (χ4n) is 2.09. The van der Waals surface area contributed by atoms with Crippen LogP contribution < -0.4 is 5.32 Å². The molecular weight excluding hydrogens is 306 g/mol. The molecule has 0 radical (unpaired) electrons. The minimum atomic E-state index is -0.688. The van der Waals surface area contributed by atoms with E-state index in [-0.39, 0.29) is 12.3 Å². The van der Waals surface area contributed by atoms with Gasteiger partial charge in [-0.25, -0.2) is 9.78 Å². The van der Waals surface area contributed by atoms with Gasteiger partial charge in [-0.15, -0.1) is 0 Å². The number of fused-ring (bicyclic) bond motifs is 1. The molecule has 0 bridgehead atoms. The van der Waals surface area contributed by atoms with Crippen molar-refractivity contribution in [1.82, 2.24) is 9.97 Å². The second-order valence-corrected chi connectivity index (χ2v) is 5.23. The van der Waals surface area contributed by atoms with Crippen molar-refractivity contribution in [2.45, 2.75) is 6.92 Å². The fourth-order valence-corrected chi connectivity index (χ4v) is 2.09. The van der Waals surface area contributed by atoms with Crippen LogP contribution in [0.5, 0.6) is 0 Å². The summed E-state index contributed by atoms with van der Waals surface area (Å²) in [6.07, 6.45) is 1.34. The van der Waals surface area contributed by atoms with Crippen LogP contribution in [0.3, 0.4) is 0 Å². The zero-order valence-electron chi connectivity index (χ0n) is 13.0. The quantitative estimate of drug-likeness (QED) is 0.747. The first-order chi connectivity index (χ1) is 11.6. The fraction of sp³-hybridized carbons (Fsp3) is 0.111. The molecule has 2 aromatic carbocycles. The molecule has 0 atom stereocenters. The number of esters is 1. The number of rotatable bonds is 4. The Hall–Kier alpha value is -3.28. The van der Waals surface area contributed by atoms with E-state index < -0.39 is 11.9 Å². The Bertz CT molecular complexity index is 891. The topological polar surface area (TPSA) is 81.2 Å². The standard InChI is InChI=1S/C18H15N3O3/c1-12-6-8-13(9-7-12)20-17(22)11-24-18(23)16-10-19-14-4-2-3-5-15(14)21-16/h2-10H,11H2,1H3,(H,20,22). The Balaban J connectivity index is 1.59. The molecule has 6 nitrogen and oxygen atoms in total. The molecule has 1 amide bonds. The molecule has 0 saturated heterocycles. The molecule has 24 heavy (non-hydrogen) atoms. The third-order valence-corrected chi connectivity index (χ3v) is 3.33. The van der Waals surface area contributed by atoms with Crippen LogP contribution in [0.1, 0.15) is 16.1 Å². The highest BCUT2D eigenvalue weighted by atomic mass is 16.5. The van der Waals surface area contributed by atoms with E-state index in [0.29, 0.717) is 16.7 Å². The van der Waals surface area contributed by atoms with Crippen molar-refractivity contribution in [1.29, 1.82) is 0 Å². The van der Waals surface area contributed by atoms with Gasteiger partial charge in [-0.2, -0.15) is 0 Å². The van der Waals surface area contributed by atoms with E-state index in [1.807, 2.05) is 25.1 Å². The normalized spacial score (nSPS) is 10.4. The molecule has 0 spiro atoms. The summed E-state index contributed by atoms with van der Waals surface area (Å²) in [7, 11) is 0. The van der Waals surface area contributed by atoms with Crippen LogP contribution in [0, 0.1) is 6.92 Å². The predicted molar refractivity (Wildman–Crippen MR) is 89.6 cm³/mol. The van der Waals surface area contributed by atoms with Crippen molar-refractivity contribution in [3.8, 4) is 0 Å². The minimum absolute atomic E-state index is 0.0665. The molecule has 1 N–H and O–H groups in total. The second kappa shape index (κ2) is 6.87. The van der Waals surface area contributed by atoms with Crippen LogP contribution in [0.15, 0.2) is 54.7 Å². The summed E-state index contributed by atoms with van der Waals surface area (Å²) in [5, 5.41) is 2.65. The molecule has 1 heterocycles. The summed E-state index contributed by atoms with van der Waals surface area (Å²) < 4.78 is 4.98. The lowest BCUT2D eigenvalue weighted by Gasteiger charge is -2.07. The van der Waals surface area contributed by atoms with Gasteiger partial charge in [0.2, 0.25) is 0 Å². The molecule has 0 aliphatic carbocycles. The van der Waals surface area contributed by atoms with Gasteiger partial charge in [-0.05, 0) is 31.2 Å². The highest BCUT2D eigenvalue weighted by molar-refractivity contribution is 5.95. The summed E-state index contributed by atoms with van der Waals surface area (Å²) in [5.74, 6) is -1.10. The maximum Gasteiger partial charge on any atom is 0.359 e. The molecule has 0 fully saturated rings. The molecule has 0 unspecified atom stereocenters. The van der Waals surface area contributed by atoms with E-state index in [4.69, 9.17) is 4.74 Å². The van der Waals surface area contributed by atoms with E-state index in [0.717, 1.165) is 5.56 Å². The van der Waals surface area contributed by atoms with Crippen molar-refractivity contribution in [3.05, 3.63) is 66.0 Å². The number of nitrogens with one attached hydrogen (secondary N) is 1. The van der Waals surface area contributed by atoms with Crippen molar-refractivity contribution in [2.24, 2.45) is 0 Å². The summed E-state index contributed by atoms with van der Waals surface area (Å²) in [4.78, 5) is 32.1. The third-order valence-electron chi connectivity index (χ3n) is 3.33. The van der Waals surface area contributed by atoms with Crippen molar-refractivity contribution in [2.75, 3.05) is 11.9 Å². The van der Waals surface area contributed by atoms with E-state index in [1.165, 1.54) is 6.20 Å². The average Bonchev–Trinajstić information content (AvgIpc) is 2.61. The number of carbonyl (C=O) groups excluding carboxylic acids is 2. The van der Waals surface area contributed by atoms with Gasteiger partial charge >= 0.3 is 5.97 Å². The van der Waals surface area contributed by atoms with E-state index in [9.17, 15) is 9.59 Å². The Morgan fingerprint density at radius 1 is 1.04 bits per heavy atom. The number of aromatic nitrogens is 2. The number of amides is 1. The first-order valence-corrected chi connectivity index (χ1v) is 7.37. The Kier molecular flexibility index (Phi) is 4.47. The summed E-state index contributed by atoms with van der Waals surface area (Å²) >= 11 is 0. The Morgan fingerprint density at radius 2 is 1.75 bits per heavy atom. The minimum Gasteiger partial charge on any atom is -0.451 e. The molecule has 0 aliphatic heterocycles. The van der Waals surface area contributed by atoms with Crippen molar-refractivity contribution in [3.63, 3.8) is 0 Å². The van der Waals surface area contributed by atoms with Crippen molar-refractivity contribution >= 4 is 28.6 Å². The highest BCUT2D eigenvalue weighted by Gasteiger charge is 2.13. The number of anilines is 1. The van der Waals surface area contributed by atoms with Gasteiger partial charge in [0, 0.05) is 5.69 Å². The van der Waals surface area contributed by atoms with Gasteiger partial charge in [-0.3, -0.25) is 9.78 Å². The molecular formula is C18H15N3O3. The SMILES string of the molecule is Cc1ccc(NC(=O)COC(=O)c2cnc3ccccc3n2)cc1. The predicted octanol–water partition coefficient (Wildman–Crippen LogP) is 2.73. The second-order valence-electron chi connectivity index (χ2n) is 5.23. The molecule has 6 heteroatoms. The number of carbonyl (C=O) groups is 2. The zero-order chi connectivity index (χ0) is 16.9.